The number of fused-ring (bicyclic) bond motifs is 1. The van der Waals surface area contributed by atoms with E-state index in [2.05, 4.69) is 9.97 Å². The zero-order valence-electron chi connectivity index (χ0n) is 16.5. The minimum atomic E-state index is -0.761. The summed E-state index contributed by atoms with van der Waals surface area (Å²) in [6.07, 6.45) is 0.848. The summed E-state index contributed by atoms with van der Waals surface area (Å²) >= 11 is 0. The fraction of sp³-hybridized carbons (Fsp3) is 0.450. The normalized spacial score (nSPS) is 24.4. The molecule has 1 fully saturated rings. The molecule has 4 rings (SSSR count). The zero-order chi connectivity index (χ0) is 20.5. The molecule has 0 unspecified atom stereocenters. The number of nitrogens with zero attached hydrogens (tertiary/aromatic N) is 3. The lowest BCUT2D eigenvalue weighted by molar-refractivity contribution is -0.745. The molecule has 1 aromatic carbocycles. The number of rotatable bonds is 6. The fourth-order valence-electron chi connectivity index (χ4n) is 4.04. The minimum Gasteiger partial charge on any atom is -0.386 e. The van der Waals surface area contributed by atoms with E-state index >= 15 is 0 Å². The Kier molecular flexibility index (Phi) is 5.35. The van der Waals surface area contributed by atoms with Gasteiger partial charge in [0.05, 0.1) is 12.6 Å². The van der Waals surface area contributed by atoms with Gasteiger partial charge in [0.1, 0.15) is 6.10 Å². The largest absolute Gasteiger partial charge is 0.386 e. The van der Waals surface area contributed by atoms with Crippen LogP contribution < -0.4 is 15.9 Å². The summed E-state index contributed by atoms with van der Waals surface area (Å²) in [5, 5.41) is 10.9. The average Bonchev–Trinajstić information content (AvgIpc) is 3.18. The molecule has 0 saturated carbocycles. The quantitative estimate of drug-likeness (QED) is 0.521. The van der Waals surface area contributed by atoms with Crippen molar-refractivity contribution < 1.29 is 19.1 Å². The second-order valence-corrected chi connectivity index (χ2v) is 7.43. The van der Waals surface area contributed by atoms with Crippen molar-refractivity contribution in [2.75, 3.05) is 19.5 Å². The monoisotopic (exact) mass is 400 g/mol. The van der Waals surface area contributed by atoms with Crippen molar-refractivity contribution in [2.45, 2.75) is 38.3 Å². The number of aromatic amines is 1. The first-order valence-corrected chi connectivity index (χ1v) is 9.65. The van der Waals surface area contributed by atoms with Gasteiger partial charge in [0.2, 0.25) is 11.7 Å². The molecule has 1 aliphatic rings. The molecule has 29 heavy (non-hydrogen) atoms. The minimum absolute atomic E-state index is 0.0187. The number of aliphatic hydroxyl groups excluding tert-OH is 1. The lowest BCUT2D eigenvalue weighted by atomic mass is 9.95. The highest BCUT2D eigenvalue weighted by Gasteiger charge is 2.45. The number of imidazole rings is 1. The highest BCUT2D eigenvalue weighted by molar-refractivity contribution is 5.67. The van der Waals surface area contributed by atoms with Crippen molar-refractivity contribution in [1.29, 1.82) is 0 Å². The van der Waals surface area contributed by atoms with Gasteiger partial charge >= 0.3 is 5.65 Å². The summed E-state index contributed by atoms with van der Waals surface area (Å²) in [5.74, 6) is -0.0653. The number of hydrogen-bond acceptors (Lipinski definition) is 6. The molecule has 0 spiro atoms. The van der Waals surface area contributed by atoms with E-state index in [0.717, 1.165) is 5.56 Å². The van der Waals surface area contributed by atoms with E-state index in [9.17, 15) is 9.90 Å². The molecule has 4 atom stereocenters. The molecular weight excluding hydrogens is 374 g/mol. The molecule has 2 aromatic heterocycles. The maximum atomic E-state index is 12.7. The van der Waals surface area contributed by atoms with Gasteiger partial charge in [-0.1, -0.05) is 35.3 Å². The molecule has 1 saturated heterocycles. The van der Waals surface area contributed by atoms with Crippen molar-refractivity contribution in [3.63, 3.8) is 0 Å². The number of nitrogens with two attached hydrogens (primary N) is 1. The van der Waals surface area contributed by atoms with Crippen LogP contribution in [0.25, 0.3) is 11.2 Å². The summed E-state index contributed by atoms with van der Waals surface area (Å²) in [6, 6.07) is 9.80. The lowest BCUT2D eigenvalue weighted by Gasteiger charge is -2.16. The van der Waals surface area contributed by atoms with E-state index in [-0.39, 0.29) is 23.5 Å². The Morgan fingerprint density at radius 3 is 2.86 bits per heavy atom. The Morgan fingerprint density at radius 2 is 2.14 bits per heavy atom. The van der Waals surface area contributed by atoms with Crippen LogP contribution in [0.1, 0.15) is 25.1 Å². The molecule has 0 bridgehead atoms. The number of nitrogens with one attached hydrogen (secondary N) is 1. The van der Waals surface area contributed by atoms with Crippen molar-refractivity contribution in [3.8, 4) is 0 Å². The van der Waals surface area contributed by atoms with E-state index in [1.165, 1.54) is 0 Å². The predicted octanol–water partition coefficient (Wildman–Crippen LogP) is 0.574. The molecule has 3 heterocycles. The first-order valence-electron chi connectivity index (χ1n) is 9.65. The smallest absolute Gasteiger partial charge is 0.313 e. The second kappa shape index (κ2) is 7.94. The molecule has 0 amide bonds. The number of hydrogen-bond donors (Lipinski definition) is 3. The van der Waals surface area contributed by atoms with Gasteiger partial charge in [-0.25, -0.2) is 4.57 Å². The zero-order valence-corrected chi connectivity index (χ0v) is 16.5. The molecule has 0 radical (unpaired) electrons. The predicted molar refractivity (Wildman–Crippen MR) is 106 cm³/mol. The van der Waals surface area contributed by atoms with Gasteiger partial charge in [0.15, 0.2) is 6.33 Å². The highest BCUT2D eigenvalue weighted by atomic mass is 16.5. The van der Waals surface area contributed by atoms with Gasteiger partial charge < -0.3 is 20.3 Å². The molecule has 9 nitrogen and oxygen atoms in total. The van der Waals surface area contributed by atoms with E-state index in [4.69, 9.17) is 15.2 Å². The van der Waals surface area contributed by atoms with Gasteiger partial charge in [0, 0.05) is 19.6 Å². The first kappa shape index (κ1) is 19.6. The molecular formula is C20H26N5O4+. The maximum Gasteiger partial charge on any atom is 0.313 e. The third-order valence-corrected chi connectivity index (χ3v) is 5.50. The highest BCUT2D eigenvalue weighted by Crippen LogP contribution is 2.33. The van der Waals surface area contributed by atoms with Gasteiger partial charge in [-0.15, -0.1) is 0 Å². The molecule has 4 N–H and O–H groups in total. The van der Waals surface area contributed by atoms with E-state index < -0.39 is 12.3 Å². The van der Waals surface area contributed by atoms with E-state index in [0.29, 0.717) is 30.7 Å². The summed E-state index contributed by atoms with van der Waals surface area (Å²) in [4.78, 5) is 19.6. The van der Waals surface area contributed by atoms with Crippen LogP contribution in [0.5, 0.6) is 0 Å². The Morgan fingerprint density at radius 1 is 1.38 bits per heavy atom. The van der Waals surface area contributed by atoms with Crippen LogP contribution in [0, 0.1) is 5.92 Å². The summed E-state index contributed by atoms with van der Waals surface area (Å²) in [5.41, 5.74) is 7.26. The molecule has 154 valence electrons. The number of methoxy groups -OCH3 is 1. The van der Waals surface area contributed by atoms with Crippen LogP contribution in [0.15, 0.2) is 41.5 Å². The molecule has 0 aliphatic carbocycles. The Balaban J connectivity index is 1.78. The van der Waals surface area contributed by atoms with E-state index in [1.54, 1.807) is 22.6 Å². The molecule has 3 aromatic rings. The van der Waals surface area contributed by atoms with Crippen LogP contribution in [0.3, 0.4) is 0 Å². The van der Waals surface area contributed by atoms with Crippen LogP contribution in [-0.2, 0) is 16.0 Å². The average molecular weight is 400 g/mol. The number of benzene rings is 1. The topological polar surface area (TPSA) is 119 Å². The fourth-order valence-corrected chi connectivity index (χ4v) is 4.04. The third-order valence-electron chi connectivity index (χ3n) is 5.50. The Labute approximate surface area is 167 Å². The molecule has 1 aliphatic heterocycles. The lowest BCUT2D eigenvalue weighted by Crippen LogP contribution is -2.45. The number of nitrogen functional groups attached to an aromatic ring is 1. The Bertz CT molecular complexity index is 1050. The summed E-state index contributed by atoms with van der Waals surface area (Å²) in [6.45, 7) is 2.94. The number of H-pyrrole nitrogens is 1. The summed E-state index contributed by atoms with van der Waals surface area (Å²) < 4.78 is 14.7. The van der Waals surface area contributed by atoms with Crippen LogP contribution >= 0.6 is 0 Å². The van der Waals surface area contributed by atoms with Crippen LogP contribution in [0.4, 0.5) is 5.95 Å². The Hall–Kier alpha value is -2.75. The van der Waals surface area contributed by atoms with E-state index in [1.807, 2.05) is 37.3 Å². The van der Waals surface area contributed by atoms with Crippen LogP contribution in [0.2, 0.25) is 0 Å². The van der Waals surface area contributed by atoms with Gasteiger partial charge in [-0.2, -0.15) is 0 Å². The van der Waals surface area contributed by atoms with Crippen molar-refractivity contribution in [2.24, 2.45) is 5.92 Å². The number of aromatic nitrogens is 4. The van der Waals surface area contributed by atoms with Crippen molar-refractivity contribution in [1.82, 2.24) is 14.5 Å². The SMILES string of the molecule is COCC[C@H]1[C@@H](O)[C@H]([n+]2cn(Cc3ccccc3)c3c(=O)[nH]c(N)nc32)O[C@@H]1C. The number of aliphatic hydroxyl groups is 1. The first-order chi connectivity index (χ1) is 14.0. The standard InChI is InChI=1S/C20H25N5O4/c1-12-14(8-9-28-2)16(26)19(29-12)25-11-24(10-13-6-4-3-5-7-13)15-17(25)22-20(21)23-18(15)27/h3-7,11-12,14,16,19,26H,8-10H2,1-2H3,(H2-,21,22,23,27)/p+1/t12-,14-,16-,19-/m1/s1. The summed E-state index contributed by atoms with van der Waals surface area (Å²) in [7, 11) is 1.63. The van der Waals surface area contributed by atoms with Gasteiger partial charge in [0.25, 0.3) is 11.5 Å². The van der Waals surface area contributed by atoms with Crippen molar-refractivity contribution in [3.05, 3.63) is 52.6 Å². The second-order valence-electron chi connectivity index (χ2n) is 7.43. The van der Waals surface area contributed by atoms with Crippen LogP contribution in [-0.4, -0.2) is 45.6 Å². The maximum absolute atomic E-state index is 12.7. The number of ether oxygens (including phenoxy) is 2. The van der Waals surface area contributed by atoms with Gasteiger partial charge in [-0.05, 0) is 18.9 Å². The molecule has 9 heteroatoms. The third kappa shape index (κ3) is 3.64. The van der Waals surface area contributed by atoms with Gasteiger partial charge in [-0.3, -0.25) is 14.3 Å². The number of anilines is 1. The van der Waals surface area contributed by atoms with Crippen molar-refractivity contribution >= 4 is 17.1 Å².